The van der Waals surface area contributed by atoms with Gasteiger partial charge in [-0.05, 0) is 17.7 Å². The molecule has 0 saturated carbocycles. The Kier molecular flexibility index (Phi) is 10.4. The molecule has 0 radical (unpaired) electrons. The molecule has 0 bridgehead atoms. The molecule has 10 nitrogen and oxygen atoms in total. The molecule has 3 amide bonds. The molecule has 1 saturated heterocycles. The van der Waals surface area contributed by atoms with Gasteiger partial charge in [-0.3, -0.25) is 19.3 Å². The van der Waals surface area contributed by atoms with E-state index in [1.54, 1.807) is 17.5 Å². The van der Waals surface area contributed by atoms with Crippen LogP contribution in [0.2, 0.25) is 0 Å². The number of furan rings is 1. The Bertz CT molecular complexity index is 1240. The molecular formula is C28H33N5O5S. The summed E-state index contributed by atoms with van der Waals surface area (Å²) in [5, 5.41) is 4.88. The summed E-state index contributed by atoms with van der Waals surface area (Å²) in [5.41, 5.74) is 1.78. The number of benzene rings is 1. The minimum Gasteiger partial charge on any atom is -0.459 e. The molecule has 0 spiro atoms. The molecule has 4 rings (SSSR count). The number of rotatable bonds is 12. The van der Waals surface area contributed by atoms with Crippen LogP contribution in [0.1, 0.15) is 21.8 Å². The van der Waals surface area contributed by atoms with E-state index in [1.807, 2.05) is 23.1 Å². The number of thiazole rings is 1. The van der Waals surface area contributed by atoms with Crippen molar-refractivity contribution in [3.8, 4) is 0 Å². The quantitative estimate of drug-likeness (QED) is 0.369. The predicted molar refractivity (Wildman–Crippen MR) is 149 cm³/mol. The monoisotopic (exact) mass is 551 g/mol. The van der Waals surface area contributed by atoms with Crippen molar-refractivity contribution in [1.29, 1.82) is 0 Å². The molecule has 1 fully saturated rings. The van der Waals surface area contributed by atoms with Gasteiger partial charge in [0.2, 0.25) is 11.8 Å². The molecule has 206 valence electrons. The predicted octanol–water partition coefficient (Wildman–Crippen LogP) is 2.86. The summed E-state index contributed by atoms with van der Waals surface area (Å²) >= 11 is 1.25. The van der Waals surface area contributed by atoms with E-state index in [2.05, 4.69) is 39.5 Å². The fourth-order valence-electron chi connectivity index (χ4n) is 4.14. The van der Waals surface area contributed by atoms with Gasteiger partial charge in [-0.15, -0.1) is 11.3 Å². The first-order valence-electron chi connectivity index (χ1n) is 12.8. The number of carbonyl (C=O) groups is 3. The molecule has 2 aromatic heterocycles. The largest absolute Gasteiger partial charge is 0.459 e. The van der Waals surface area contributed by atoms with Gasteiger partial charge in [-0.25, -0.2) is 4.98 Å². The molecule has 0 unspecified atom stereocenters. The second-order valence-corrected chi connectivity index (χ2v) is 9.92. The van der Waals surface area contributed by atoms with Crippen LogP contribution in [0.4, 0.5) is 5.13 Å². The summed E-state index contributed by atoms with van der Waals surface area (Å²) in [6.07, 6.45) is 5.85. The molecule has 3 heterocycles. The van der Waals surface area contributed by atoms with E-state index in [-0.39, 0.29) is 37.8 Å². The molecule has 39 heavy (non-hydrogen) atoms. The van der Waals surface area contributed by atoms with Crippen molar-refractivity contribution in [1.82, 2.24) is 19.7 Å². The molecule has 1 N–H and O–H groups in total. The lowest BCUT2D eigenvalue weighted by atomic mass is 10.2. The van der Waals surface area contributed by atoms with Crippen LogP contribution in [0.5, 0.6) is 0 Å². The highest BCUT2D eigenvalue weighted by Gasteiger charge is 2.23. The Morgan fingerprint density at radius 3 is 2.64 bits per heavy atom. The number of nitrogens with zero attached hydrogens (tertiary/aromatic N) is 4. The van der Waals surface area contributed by atoms with Gasteiger partial charge in [0, 0.05) is 51.8 Å². The molecule has 1 aliphatic rings. The van der Waals surface area contributed by atoms with E-state index >= 15 is 0 Å². The van der Waals surface area contributed by atoms with E-state index in [0.717, 1.165) is 19.6 Å². The summed E-state index contributed by atoms with van der Waals surface area (Å²) in [4.78, 5) is 48.1. The first kappa shape index (κ1) is 28.2. The van der Waals surface area contributed by atoms with E-state index in [9.17, 15) is 14.4 Å². The van der Waals surface area contributed by atoms with Crippen molar-refractivity contribution in [3.63, 3.8) is 0 Å². The van der Waals surface area contributed by atoms with Gasteiger partial charge in [0.05, 0.1) is 25.0 Å². The lowest BCUT2D eigenvalue weighted by Gasteiger charge is -2.34. The second-order valence-electron chi connectivity index (χ2n) is 9.06. The maximum Gasteiger partial charge on any atom is 0.290 e. The van der Waals surface area contributed by atoms with Crippen molar-refractivity contribution < 1.29 is 23.5 Å². The Balaban J connectivity index is 1.21. The average Bonchev–Trinajstić information content (AvgIpc) is 3.64. The van der Waals surface area contributed by atoms with Crippen molar-refractivity contribution in [3.05, 3.63) is 77.2 Å². The minimum absolute atomic E-state index is 0.0208. The number of ether oxygens (including phenoxy) is 1. The summed E-state index contributed by atoms with van der Waals surface area (Å²) in [7, 11) is 1.53. The van der Waals surface area contributed by atoms with Gasteiger partial charge in [0.15, 0.2) is 10.9 Å². The number of aromatic nitrogens is 1. The fourth-order valence-corrected chi connectivity index (χ4v) is 4.86. The van der Waals surface area contributed by atoms with Crippen molar-refractivity contribution in [2.75, 3.05) is 64.8 Å². The number of carbonyl (C=O) groups excluding carboxylic acids is 3. The van der Waals surface area contributed by atoms with Crippen LogP contribution >= 0.6 is 11.3 Å². The zero-order chi connectivity index (χ0) is 27.5. The van der Waals surface area contributed by atoms with E-state index < -0.39 is 11.8 Å². The summed E-state index contributed by atoms with van der Waals surface area (Å²) in [5.74, 6) is -0.619. The molecule has 11 heteroatoms. The third-order valence-electron chi connectivity index (χ3n) is 6.25. The van der Waals surface area contributed by atoms with Gasteiger partial charge in [-0.2, -0.15) is 0 Å². The number of anilines is 1. The van der Waals surface area contributed by atoms with Crippen LogP contribution in [0.3, 0.4) is 0 Å². The molecule has 1 aliphatic heterocycles. The van der Waals surface area contributed by atoms with Gasteiger partial charge in [-0.1, -0.05) is 42.5 Å². The summed E-state index contributed by atoms with van der Waals surface area (Å²) in [6.45, 7) is 4.17. The molecule has 0 atom stereocenters. The number of hydrogen-bond acceptors (Lipinski definition) is 8. The minimum atomic E-state index is -0.398. The number of methoxy groups -OCH3 is 1. The van der Waals surface area contributed by atoms with Gasteiger partial charge in [0.1, 0.15) is 6.54 Å². The first-order valence-corrected chi connectivity index (χ1v) is 13.7. The van der Waals surface area contributed by atoms with Gasteiger partial charge in [0.25, 0.3) is 5.91 Å². The standard InChI is InChI=1S/C28H33N5O5S/c1-37-18-16-33(27(36)24-10-6-17-38-24)20-25(34)30-28-29-23(21-39-28)19-26(35)32-14-12-31(13-15-32)11-5-9-22-7-3-2-4-8-22/h2-10,17,21H,11-16,18-20H2,1H3,(H,29,30,34)/b9-5+. The Labute approximate surface area is 231 Å². The van der Waals surface area contributed by atoms with Crippen LogP contribution in [-0.2, 0) is 20.7 Å². The fraction of sp³-hybridized carbons (Fsp3) is 0.357. The van der Waals surface area contributed by atoms with Gasteiger partial charge < -0.3 is 24.3 Å². The number of hydrogen-bond donors (Lipinski definition) is 1. The maximum absolute atomic E-state index is 12.8. The van der Waals surface area contributed by atoms with Crippen LogP contribution in [0.25, 0.3) is 6.08 Å². The molecule has 1 aromatic carbocycles. The van der Waals surface area contributed by atoms with Gasteiger partial charge >= 0.3 is 0 Å². The van der Waals surface area contributed by atoms with E-state index in [1.165, 1.54) is 35.2 Å². The van der Waals surface area contributed by atoms with Crippen LogP contribution in [0, 0.1) is 0 Å². The number of nitrogens with one attached hydrogen (secondary N) is 1. The number of amides is 3. The lowest BCUT2D eigenvalue weighted by molar-refractivity contribution is -0.132. The smallest absolute Gasteiger partial charge is 0.290 e. The van der Waals surface area contributed by atoms with Crippen LogP contribution in [-0.4, -0.2) is 96.9 Å². The molecular weight excluding hydrogens is 518 g/mol. The third-order valence-corrected chi connectivity index (χ3v) is 7.05. The Morgan fingerprint density at radius 2 is 1.92 bits per heavy atom. The zero-order valence-corrected chi connectivity index (χ0v) is 22.8. The average molecular weight is 552 g/mol. The lowest BCUT2D eigenvalue weighted by Crippen LogP contribution is -2.49. The van der Waals surface area contributed by atoms with Crippen LogP contribution in [0.15, 0.2) is 64.6 Å². The molecule has 0 aliphatic carbocycles. The topological polar surface area (TPSA) is 108 Å². The van der Waals surface area contributed by atoms with E-state index in [0.29, 0.717) is 23.9 Å². The number of piperazine rings is 1. The van der Waals surface area contributed by atoms with Crippen molar-refractivity contribution in [2.45, 2.75) is 6.42 Å². The Hall–Kier alpha value is -3.80. The van der Waals surface area contributed by atoms with E-state index in [4.69, 9.17) is 9.15 Å². The highest BCUT2D eigenvalue weighted by molar-refractivity contribution is 7.13. The van der Waals surface area contributed by atoms with Crippen molar-refractivity contribution >= 4 is 40.3 Å². The third kappa shape index (κ3) is 8.60. The SMILES string of the molecule is COCCN(CC(=O)Nc1nc(CC(=O)N2CCN(C/C=C/c3ccccc3)CC2)cs1)C(=O)c1ccco1. The highest BCUT2D eigenvalue weighted by Crippen LogP contribution is 2.17. The first-order chi connectivity index (χ1) is 19.0. The van der Waals surface area contributed by atoms with Crippen LogP contribution < -0.4 is 5.32 Å². The highest BCUT2D eigenvalue weighted by atomic mass is 32.1. The second kappa shape index (κ2) is 14.4. The molecule has 3 aromatic rings. The summed E-state index contributed by atoms with van der Waals surface area (Å²) in [6, 6.07) is 13.4. The normalized spacial score (nSPS) is 14.0. The zero-order valence-electron chi connectivity index (χ0n) is 22.0. The summed E-state index contributed by atoms with van der Waals surface area (Å²) < 4.78 is 10.2. The Morgan fingerprint density at radius 1 is 1.13 bits per heavy atom. The van der Waals surface area contributed by atoms with Crippen molar-refractivity contribution in [2.24, 2.45) is 0 Å². The maximum atomic E-state index is 12.8.